The molecule has 3 nitrogen and oxygen atoms in total. The molecule has 0 heterocycles. The minimum atomic E-state index is -0.392. The van der Waals surface area contributed by atoms with Gasteiger partial charge in [0.1, 0.15) is 5.75 Å². The Morgan fingerprint density at radius 3 is 2.42 bits per heavy atom. The minimum Gasteiger partial charge on any atom is -0.423 e. The van der Waals surface area contributed by atoms with Crippen molar-refractivity contribution in [1.29, 1.82) is 5.41 Å². The fourth-order valence-corrected chi connectivity index (χ4v) is 3.32. The van der Waals surface area contributed by atoms with E-state index in [-0.39, 0.29) is 5.92 Å². The van der Waals surface area contributed by atoms with Crippen molar-refractivity contribution in [3.63, 3.8) is 0 Å². The topological polar surface area (TPSA) is 50.2 Å². The zero-order valence-corrected chi connectivity index (χ0v) is 14.0. The Kier molecular flexibility index (Phi) is 5.09. The SMILES string of the molecule is Cc1ccc(C(=O)Oc2ccccc2)c(C(=N)C2CCCCC2)c1. The Labute approximate surface area is 143 Å². The molecule has 0 bridgehead atoms. The Morgan fingerprint density at radius 2 is 1.71 bits per heavy atom. The monoisotopic (exact) mass is 321 g/mol. The number of carbonyl (C=O) groups is 1. The highest BCUT2D eigenvalue weighted by Gasteiger charge is 2.24. The second-order valence-corrected chi connectivity index (χ2v) is 6.50. The predicted octanol–water partition coefficient (Wildman–Crippen LogP) is 5.16. The first-order valence-corrected chi connectivity index (χ1v) is 8.62. The third-order valence-corrected chi connectivity index (χ3v) is 4.65. The van der Waals surface area contributed by atoms with Gasteiger partial charge in [-0.3, -0.25) is 0 Å². The lowest BCUT2D eigenvalue weighted by Crippen LogP contribution is -2.22. The average molecular weight is 321 g/mol. The zero-order chi connectivity index (χ0) is 16.9. The Morgan fingerprint density at radius 1 is 1.00 bits per heavy atom. The van der Waals surface area contributed by atoms with Crippen molar-refractivity contribution in [2.75, 3.05) is 0 Å². The molecule has 3 heteroatoms. The van der Waals surface area contributed by atoms with E-state index in [1.807, 2.05) is 37.3 Å². The van der Waals surface area contributed by atoms with Crippen LogP contribution in [-0.4, -0.2) is 11.7 Å². The molecule has 0 unspecified atom stereocenters. The molecule has 0 atom stereocenters. The molecular formula is C21H23NO2. The average Bonchev–Trinajstić information content (AvgIpc) is 2.62. The highest BCUT2D eigenvalue weighted by molar-refractivity contribution is 6.09. The van der Waals surface area contributed by atoms with Crippen LogP contribution in [0.3, 0.4) is 0 Å². The van der Waals surface area contributed by atoms with Gasteiger partial charge in [0.15, 0.2) is 0 Å². The standard InChI is InChI=1S/C21H23NO2/c1-15-12-13-18(21(23)24-17-10-6-3-7-11-17)19(14-15)20(22)16-8-4-2-5-9-16/h3,6-7,10-14,16,22H,2,4-5,8-9H2,1H3. The fraction of sp³-hybridized carbons (Fsp3) is 0.333. The molecule has 24 heavy (non-hydrogen) atoms. The summed E-state index contributed by atoms with van der Waals surface area (Å²) in [6.07, 6.45) is 5.67. The van der Waals surface area contributed by atoms with Gasteiger partial charge in [0.25, 0.3) is 0 Å². The van der Waals surface area contributed by atoms with Gasteiger partial charge in [0.05, 0.1) is 5.56 Å². The lowest BCUT2D eigenvalue weighted by atomic mass is 9.82. The van der Waals surface area contributed by atoms with E-state index in [1.165, 1.54) is 19.3 Å². The fourth-order valence-electron chi connectivity index (χ4n) is 3.32. The highest BCUT2D eigenvalue weighted by Crippen LogP contribution is 2.28. The van der Waals surface area contributed by atoms with Crippen LogP contribution in [0.1, 0.15) is 53.6 Å². The van der Waals surface area contributed by atoms with Gasteiger partial charge >= 0.3 is 5.97 Å². The predicted molar refractivity (Wildman–Crippen MR) is 96.0 cm³/mol. The molecule has 1 saturated carbocycles. The molecule has 0 amide bonds. The third kappa shape index (κ3) is 3.73. The van der Waals surface area contributed by atoms with Crippen LogP contribution in [-0.2, 0) is 0 Å². The molecule has 0 radical (unpaired) electrons. The number of rotatable bonds is 4. The highest BCUT2D eigenvalue weighted by atomic mass is 16.5. The molecule has 0 aromatic heterocycles. The van der Waals surface area contributed by atoms with Crippen LogP contribution in [0.2, 0.25) is 0 Å². The van der Waals surface area contributed by atoms with Crippen molar-refractivity contribution in [3.8, 4) is 5.75 Å². The smallest absolute Gasteiger partial charge is 0.344 e. The van der Waals surface area contributed by atoms with Crippen LogP contribution in [0.15, 0.2) is 48.5 Å². The lowest BCUT2D eigenvalue weighted by Gasteiger charge is -2.23. The number of esters is 1. The second kappa shape index (κ2) is 7.43. The largest absolute Gasteiger partial charge is 0.423 e. The molecule has 2 aromatic rings. The maximum absolute atomic E-state index is 12.6. The Hall–Kier alpha value is -2.42. The molecule has 124 valence electrons. The van der Waals surface area contributed by atoms with E-state index in [0.29, 0.717) is 17.0 Å². The van der Waals surface area contributed by atoms with Crippen LogP contribution in [0.5, 0.6) is 5.75 Å². The molecule has 0 spiro atoms. The van der Waals surface area contributed by atoms with Crippen molar-refractivity contribution in [1.82, 2.24) is 0 Å². The normalized spacial score (nSPS) is 15.0. The van der Waals surface area contributed by atoms with Gasteiger partial charge in [0, 0.05) is 17.2 Å². The first-order chi connectivity index (χ1) is 11.6. The number of para-hydroxylation sites is 1. The van der Waals surface area contributed by atoms with Crippen molar-refractivity contribution < 1.29 is 9.53 Å². The summed E-state index contributed by atoms with van der Waals surface area (Å²) in [4.78, 5) is 12.6. The number of nitrogens with one attached hydrogen (secondary N) is 1. The molecular weight excluding hydrogens is 298 g/mol. The summed E-state index contributed by atoms with van der Waals surface area (Å²) >= 11 is 0. The number of hydrogen-bond acceptors (Lipinski definition) is 3. The summed E-state index contributed by atoms with van der Waals surface area (Å²) < 4.78 is 5.48. The number of benzene rings is 2. The number of ether oxygens (including phenoxy) is 1. The van der Waals surface area contributed by atoms with Gasteiger partial charge in [-0.2, -0.15) is 0 Å². The van der Waals surface area contributed by atoms with Crippen molar-refractivity contribution in [2.45, 2.75) is 39.0 Å². The van der Waals surface area contributed by atoms with Crippen molar-refractivity contribution in [3.05, 3.63) is 65.2 Å². The molecule has 0 saturated heterocycles. The molecule has 3 rings (SSSR count). The van der Waals surface area contributed by atoms with Crippen LogP contribution < -0.4 is 4.74 Å². The van der Waals surface area contributed by atoms with Crippen molar-refractivity contribution >= 4 is 11.7 Å². The Balaban J connectivity index is 1.87. The van der Waals surface area contributed by atoms with Crippen LogP contribution in [0.25, 0.3) is 0 Å². The van der Waals surface area contributed by atoms with Crippen LogP contribution in [0.4, 0.5) is 0 Å². The summed E-state index contributed by atoms with van der Waals surface area (Å²) in [5.74, 6) is 0.388. The van der Waals surface area contributed by atoms with E-state index in [2.05, 4.69) is 0 Å². The molecule has 1 aliphatic rings. The quantitative estimate of drug-likeness (QED) is 0.480. The molecule has 1 fully saturated rings. The summed E-state index contributed by atoms with van der Waals surface area (Å²) in [7, 11) is 0. The number of carbonyl (C=O) groups excluding carboxylic acids is 1. The minimum absolute atomic E-state index is 0.254. The summed E-state index contributed by atoms with van der Waals surface area (Å²) in [6, 6.07) is 14.7. The zero-order valence-electron chi connectivity index (χ0n) is 14.0. The first kappa shape index (κ1) is 16.4. The second-order valence-electron chi connectivity index (χ2n) is 6.50. The van der Waals surface area contributed by atoms with Gasteiger partial charge in [-0.25, -0.2) is 4.79 Å². The van der Waals surface area contributed by atoms with E-state index in [9.17, 15) is 4.79 Å². The van der Waals surface area contributed by atoms with Gasteiger partial charge in [-0.15, -0.1) is 0 Å². The summed E-state index contributed by atoms with van der Waals surface area (Å²) in [5, 5.41) is 8.63. The van der Waals surface area contributed by atoms with Crippen LogP contribution in [0, 0.1) is 18.3 Å². The van der Waals surface area contributed by atoms with E-state index < -0.39 is 5.97 Å². The molecule has 2 aromatic carbocycles. The maximum Gasteiger partial charge on any atom is 0.344 e. The molecule has 1 aliphatic carbocycles. The van der Waals surface area contributed by atoms with Crippen molar-refractivity contribution in [2.24, 2.45) is 5.92 Å². The van der Waals surface area contributed by atoms with E-state index in [1.54, 1.807) is 18.2 Å². The van der Waals surface area contributed by atoms with Crippen LogP contribution >= 0.6 is 0 Å². The Bertz CT molecular complexity index is 731. The van der Waals surface area contributed by atoms with E-state index >= 15 is 0 Å². The third-order valence-electron chi connectivity index (χ3n) is 4.65. The van der Waals surface area contributed by atoms with Gasteiger partial charge in [-0.1, -0.05) is 49.1 Å². The van der Waals surface area contributed by atoms with Gasteiger partial charge < -0.3 is 10.1 Å². The summed E-state index contributed by atoms with van der Waals surface area (Å²) in [5.41, 5.74) is 2.85. The van der Waals surface area contributed by atoms with Gasteiger partial charge in [0.2, 0.25) is 0 Å². The van der Waals surface area contributed by atoms with Gasteiger partial charge in [-0.05, 0) is 44.0 Å². The molecule has 1 N–H and O–H groups in total. The summed E-state index contributed by atoms with van der Waals surface area (Å²) in [6.45, 7) is 1.99. The van der Waals surface area contributed by atoms with E-state index in [0.717, 1.165) is 24.0 Å². The molecule has 0 aliphatic heterocycles. The number of hydrogen-bond donors (Lipinski definition) is 1. The first-order valence-electron chi connectivity index (χ1n) is 8.62. The number of aryl methyl sites for hydroxylation is 1. The maximum atomic E-state index is 12.6. The lowest BCUT2D eigenvalue weighted by molar-refractivity contribution is 0.0734. The van der Waals surface area contributed by atoms with E-state index in [4.69, 9.17) is 10.1 Å².